The van der Waals surface area contributed by atoms with E-state index in [1.165, 1.54) is 4.90 Å². The number of methoxy groups -OCH3 is 1. The Kier molecular flexibility index (Phi) is 5.60. The second-order valence-corrected chi connectivity index (χ2v) is 4.03. The standard InChI is InChI=1S/C14H17NO4/c1-15(13(16)6-7-14(17)18)9-8-11-4-3-5-12(10-11)19-2/h3-7,10H,8-9H2,1-2H3,(H,17,18)/b7-6+. The molecule has 0 aliphatic heterocycles. The zero-order chi connectivity index (χ0) is 14.3. The van der Waals surface area contributed by atoms with Gasteiger partial charge in [-0.15, -0.1) is 0 Å². The quantitative estimate of drug-likeness (QED) is 0.786. The number of aliphatic carboxylic acids is 1. The lowest BCUT2D eigenvalue weighted by Crippen LogP contribution is -2.27. The maximum absolute atomic E-state index is 11.5. The lowest BCUT2D eigenvalue weighted by molar-refractivity contribution is -0.132. The van der Waals surface area contributed by atoms with Gasteiger partial charge in [0, 0.05) is 25.7 Å². The Hall–Kier alpha value is -2.30. The van der Waals surface area contributed by atoms with Gasteiger partial charge in [-0.3, -0.25) is 4.79 Å². The van der Waals surface area contributed by atoms with Crippen LogP contribution in [0.15, 0.2) is 36.4 Å². The van der Waals surface area contributed by atoms with Gasteiger partial charge in [0.15, 0.2) is 0 Å². The van der Waals surface area contributed by atoms with E-state index in [4.69, 9.17) is 9.84 Å². The van der Waals surface area contributed by atoms with Crippen molar-refractivity contribution in [1.82, 2.24) is 4.90 Å². The largest absolute Gasteiger partial charge is 0.497 e. The molecule has 0 saturated heterocycles. The molecule has 1 rings (SSSR count). The number of nitrogens with zero attached hydrogens (tertiary/aromatic N) is 1. The highest BCUT2D eigenvalue weighted by molar-refractivity contribution is 5.93. The fourth-order valence-corrected chi connectivity index (χ4v) is 1.50. The first kappa shape index (κ1) is 14.8. The number of likely N-dealkylation sites (N-methyl/N-ethyl adjacent to an activating group) is 1. The first-order valence-electron chi connectivity index (χ1n) is 5.82. The first-order chi connectivity index (χ1) is 9.02. The van der Waals surface area contributed by atoms with Crippen LogP contribution < -0.4 is 4.74 Å². The number of rotatable bonds is 6. The van der Waals surface area contributed by atoms with E-state index in [1.807, 2.05) is 24.3 Å². The molecule has 0 fully saturated rings. The Morgan fingerprint density at radius 2 is 2.11 bits per heavy atom. The summed E-state index contributed by atoms with van der Waals surface area (Å²) >= 11 is 0. The predicted molar refractivity (Wildman–Crippen MR) is 71.1 cm³/mol. The molecular weight excluding hydrogens is 246 g/mol. The van der Waals surface area contributed by atoms with Crippen molar-refractivity contribution in [2.24, 2.45) is 0 Å². The summed E-state index contributed by atoms with van der Waals surface area (Å²) in [6.45, 7) is 0.510. The minimum absolute atomic E-state index is 0.328. The SMILES string of the molecule is COc1cccc(CCN(C)C(=O)/C=C/C(=O)O)c1. The van der Waals surface area contributed by atoms with Crippen molar-refractivity contribution in [3.63, 3.8) is 0 Å². The Morgan fingerprint density at radius 1 is 1.37 bits per heavy atom. The smallest absolute Gasteiger partial charge is 0.328 e. The molecule has 0 aliphatic rings. The van der Waals surface area contributed by atoms with Crippen molar-refractivity contribution in [3.8, 4) is 5.75 Å². The molecule has 0 bridgehead atoms. The average molecular weight is 263 g/mol. The van der Waals surface area contributed by atoms with Crippen LogP contribution >= 0.6 is 0 Å². The number of hydrogen-bond donors (Lipinski definition) is 1. The Bertz CT molecular complexity index is 482. The van der Waals surface area contributed by atoms with Crippen LogP contribution in [-0.4, -0.2) is 42.6 Å². The van der Waals surface area contributed by atoms with E-state index in [-0.39, 0.29) is 5.91 Å². The van der Waals surface area contributed by atoms with Gasteiger partial charge in [0.1, 0.15) is 5.75 Å². The molecule has 1 aromatic carbocycles. The van der Waals surface area contributed by atoms with E-state index >= 15 is 0 Å². The molecule has 0 aromatic heterocycles. The van der Waals surface area contributed by atoms with Crippen LogP contribution in [-0.2, 0) is 16.0 Å². The van der Waals surface area contributed by atoms with Gasteiger partial charge in [-0.25, -0.2) is 4.79 Å². The van der Waals surface area contributed by atoms with Crippen molar-refractivity contribution < 1.29 is 19.4 Å². The van der Waals surface area contributed by atoms with Crippen LogP contribution in [0.3, 0.4) is 0 Å². The molecule has 5 nitrogen and oxygen atoms in total. The molecule has 0 spiro atoms. The van der Waals surface area contributed by atoms with Gasteiger partial charge in [0.2, 0.25) is 5.91 Å². The molecular formula is C14H17NO4. The normalized spacial score (nSPS) is 10.4. The van der Waals surface area contributed by atoms with Crippen LogP contribution in [0.5, 0.6) is 5.75 Å². The van der Waals surface area contributed by atoms with E-state index in [9.17, 15) is 9.59 Å². The summed E-state index contributed by atoms with van der Waals surface area (Å²) in [7, 11) is 3.24. The minimum atomic E-state index is -1.13. The third kappa shape index (κ3) is 5.25. The van der Waals surface area contributed by atoms with Crippen molar-refractivity contribution in [2.45, 2.75) is 6.42 Å². The summed E-state index contributed by atoms with van der Waals surface area (Å²) in [5.74, 6) is -0.683. The van der Waals surface area contributed by atoms with Crippen LogP contribution in [0.25, 0.3) is 0 Å². The molecule has 1 amide bonds. The van der Waals surface area contributed by atoms with Gasteiger partial charge < -0.3 is 14.7 Å². The van der Waals surface area contributed by atoms with Gasteiger partial charge in [-0.05, 0) is 24.1 Å². The highest BCUT2D eigenvalue weighted by atomic mass is 16.5. The van der Waals surface area contributed by atoms with Crippen molar-refractivity contribution >= 4 is 11.9 Å². The topological polar surface area (TPSA) is 66.8 Å². The molecule has 0 heterocycles. The fourth-order valence-electron chi connectivity index (χ4n) is 1.50. The number of carboxylic acids is 1. The third-order valence-corrected chi connectivity index (χ3v) is 2.61. The van der Waals surface area contributed by atoms with Gasteiger partial charge >= 0.3 is 5.97 Å². The number of ether oxygens (including phenoxy) is 1. The Morgan fingerprint density at radius 3 is 2.74 bits per heavy atom. The highest BCUT2D eigenvalue weighted by Gasteiger charge is 2.06. The summed E-state index contributed by atoms with van der Waals surface area (Å²) in [6, 6.07) is 7.60. The number of amides is 1. The van der Waals surface area contributed by atoms with Crippen LogP contribution in [0, 0.1) is 0 Å². The predicted octanol–water partition coefficient (Wildman–Crippen LogP) is 1.34. The zero-order valence-electron chi connectivity index (χ0n) is 11.0. The number of carbonyl (C=O) groups is 2. The van der Waals surface area contributed by atoms with E-state index in [0.29, 0.717) is 13.0 Å². The van der Waals surface area contributed by atoms with Gasteiger partial charge in [-0.1, -0.05) is 12.1 Å². The summed E-state index contributed by atoms with van der Waals surface area (Å²) in [6.07, 6.45) is 2.57. The Labute approximate surface area is 112 Å². The fraction of sp³-hybridized carbons (Fsp3) is 0.286. The minimum Gasteiger partial charge on any atom is -0.497 e. The van der Waals surface area contributed by atoms with Crippen molar-refractivity contribution in [3.05, 3.63) is 42.0 Å². The number of benzene rings is 1. The van der Waals surface area contributed by atoms with E-state index in [0.717, 1.165) is 23.5 Å². The van der Waals surface area contributed by atoms with Gasteiger partial charge in [-0.2, -0.15) is 0 Å². The van der Waals surface area contributed by atoms with E-state index in [1.54, 1.807) is 14.2 Å². The molecule has 0 saturated carbocycles. The lowest BCUT2D eigenvalue weighted by atomic mass is 10.1. The molecule has 0 unspecified atom stereocenters. The zero-order valence-corrected chi connectivity index (χ0v) is 11.0. The molecule has 0 radical (unpaired) electrons. The lowest BCUT2D eigenvalue weighted by Gasteiger charge is -2.15. The highest BCUT2D eigenvalue weighted by Crippen LogP contribution is 2.13. The van der Waals surface area contributed by atoms with Gasteiger partial charge in [0.05, 0.1) is 7.11 Å². The molecule has 102 valence electrons. The second kappa shape index (κ2) is 7.20. The maximum atomic E-state index is 11.5. The van der Waals surface area contributed by atoms with Crippen LogP contribution in [0.1, 0.15) is 5.56 Å². The molecule has 0 aliphatic carbocycles. The van der Waals surface area contributed by atoms with E-state index in [2.05, 4.69) is 0 Å². The monoisotopic (exact) mass is 263 g/mol. The van der Waals surface area contributed by atoms with Crippen molar-refractivity contribution in [1.29, 1.82) is 0 Å². The molecule has 1 N–H and O–H groups in total. The molecule has 1 aromatic rings. The van der Waals surface area contributed by atoms with Gasteiger partial charge in [0.25, 0.3) is 0 Å². The molecule has 19 heavy (non-hydrogen) atoms. The number of carbonyl (C=O) groups excluding carboxylic acids is 1. The first-order valence-corrected chi connectivity index (χ1v) is 5.82. The average Bonchev–Trinajstić information content (AvgIpc) is 2.42. The summed E-state index contributed by atoms with van der Waals surface area (Å²) < 4.78 is 5.12. The Balaban J connectivity index is 2.51. The second-order valence-electron chi connectivity index (χ2n) is 4.03. The third-order valence-electron chi connectivity index (χ3n) is 2.61. The van der Waals surface area contributed by atoms with Crippen LogP contribution in [0.2, 0.25) is 0 Å². The van der Waals surface area contributed by atoms with Crippen molar-refractivity contribution in [2.75, 3.05) is 20.7 Å². The maximum Gasteiger partial charge on any atom is 0.328 e. The summed E-state index contributed by atoms with van der Waals surface area (Å²) in [5, 5.41) is 8.44. The van der Waals surface area contributed by atoms with E-state index < -0.39 is 5.97 Å². The molecule has 5 heteroatoms. The summed E-state index contributed by atoms with van der Waals surface area (Å²) in [5.41, 5.74) is 1.06. The number of hydrogen-bond acceptors (Lipinski definition) is 3. The van der Waals surface area contributed by atoms with Crippen LogP contribution in [0.4, 0.5) is 0 Å². The number of carboxylic acid groups (broad SMARTS) is 1. The molecule has 0 atom stereocenters. The summed E-state index contributed by atoms with van der Waals surface area (Å²) in [4.78, 5) is 23.3.